The molecule has 0 aliphatic heterocycles. The number of nitrogens with zero attached hydrogens (tertiary/aromatic N) is 1. The van der Waals surface area contributed by atoms with Crippen molar-refractivity contribution in [2.24, 2.45) is 0 Å². The Kier molecular flexibility index (Phi) is 6.59. The smallest absolute Gasteiger partial charge is 0.344 e. The highest BCUT2D eigenvalue weighted by Crippen LogP contribution is 2.25. The van der Waals surface area contributed by atoms with Gasteiger partial charge in [-0.1, -0.05) is 12.1 Å². The van der Waals surface area contributed by atoms with Gasteiger partial charge in [0.15, 0.2) is 12.4 Å². The number of aliphatic hydroxyl groups excluding tert-OH is 2. The monoisotopic (exact) mass is 366 g/mol. The van der Waals surface area contributed by atoms with Crippen molar-refractivity contribution in [1.82, 2.24) is 0 Å². The molecule has 1 aliphatic carbocycles. The van der Waals surface area contributed by atoms with Gasteiger partial charge in [0.1, 0.15) is 0 Å². The number of hydrogen-bond donors (Lipinski definition) is 4. The van der Waals surface area contributed by atoms with E-state index in [4.69, 9.17) is 14.3 Å². The Balaban J connectivity index is 2.42. The maximum Gasteiger partial charge on any atom is 0.344 e. The summed E-state index contributed by atoms with van der Waals surface area (Å²) in [6.07, 6.45) is 1.37. The average Bonchev–Trinajstić information content (AvgIpc) is 2.63. The molecule has 1 aliphatic rings. The van der Waals surface area contributed by atoms with E-state index >= 15 is 0 Å². The Morgan fingerprint density at radius 1 is 1.31 bits per heavy atom. The number of nitrogens with two attached hydrogens (primary N) is 1. The molecule has 0 bridgehead atoms. The number of aliphatic hydroxyl groups is 2. The van der Waals surface area contributed by atoms with E-state index < -0.39 is 24.1 Å². The third kappa shape index (κ3) is 4.32. The molecule has 26 heavy (non-hydrogen) atoms. The number of ether oxygens (including phenoxy) is 2. The van der Waals surface area contributed by atoms with E-state index in [9.17, 15) is 20.2 Å². The van der Waals surface area contributed by atoms with Gasteiger partial charge in [-0.25, -0.2) is 9.63 Å². The second kappa shape index (κ2) is 8.88. The highest BCUT2D eigenvalue weighted by atomic mass is 16.6. The Labute approximate surface area is 150 Å². The zero-order valence-corrected chi connectivity index (χ0v) is 14.5. The number of rotatable bonds is 7. The summed E-state index contributed by atoms with van der Waals surface area (Å²) in [6.45, 7) is 1.35. The van der Waals surface area contributed by atoms with Crippen LogP contribution >= 0.6 is 0 Å². The average molecular weight is 366 g/mol. The quantitative estimate of drug-likeness (QED) is 0.187. The molecule has 0 heterocycles. The maximum absolute atomic E-state index is 11.5. The lowest BCUT2D eigenvalue weighted by atomic mass is 10.1. The minimum Gasteiger partial charge on any atom is -0.504 e. The van der Waals surface area contributed by atoms with Gasteiger partial charge in [-0.05, 0) is 13.0 Å². The first-order valence-corrected chi connectivity index (χ1v) is 7.91. The lowest BCUT2D eigenvalue weighted by Crippen LogP contribution is -2.76. The first-order chi connectivity index (χ1) is 12.5. The SMILES string of the molecule is CCOC(=O)COC1=C(O)C(O)=CC/C1=[N+](/O)c1ccccc1[NH2+]OC. The molecule has 2 rings (SSSR count). The highest BCUT2D eigenvalue weighted by Gasteiger charge is 2.34. The molecule has 1 aromatic carbocycles. The number of carbonyl (C=O) groups is 1. The maximum atomic E-state index is 11.5. The lowest BCUT2D eigenvalue weighted by Gasteiger charge is -2.14. The first-order valence-electron chi connectivity index (χ1n) is 7.91. The van der Waals surface area contributed by atoms with Gasteiger partial charge in [-0.15, -0.1) is 0 Å². The fourth-order valence-corrected chi connectivity index (χ4v) is 2.36. The topological polar surface area (TPSA) is 125 Å². The van der Waals surface area contributed by atoms with Crippen LogP contribution in [0.3, 0.4) is 0 Å². The van der Waals surface area contributed by atoms with Crippen molar-refractivity contribution < 1.29 is 44.7 Å². The number of benzene rings is 1. The van der Waals surface area contributed by atoms with Gasteiger partial charge < -0.3 is 19.7 Å². The minimum atomic E-state index is -0.640. The number of allylic oxidation sites excluding steroid dienone is 2. The predicted octanol–water partition coefficient (Wildman–Crippen LogP) is 1.11. The van der Waals surface area contributed by atoms with Gasteiger partial charge in [0.2, 0.25) is 17.2 Å². The Morgan fingerprint density at radius 3 is 2.73 bits per heavy atom. The molecule has 0 aromatic heterocycles. The van der Waals surface area contributed by atoms with Crippen molar-refractivity contribution in [3.63, 3.8) is 0 Å². The van der Waals surface area contributed by atoms with Crippen LogP contribution in [0.1, 0.15) is 13.3 Å². The molecule has 9 nitrogen and oxygen atoms in total. The molecule has 9 heteroatoms. The van der Waals surface area contributed by atoms with Crippen LogP contribution in [-0.2, 0) is 19.1 Å². The highest BCUT2D eigenvalue weighted by molar-refractivity contribution is 5.98. The molecule has 0 amide bonds. The molecule has 0 radical (unpaired) electrons. The largest absolute Gasteiger partial charge is 0.504 e. The molecule has 0 atom stereocenters. The summed E-state index contributed by atoms with van der Waals surface area (Å²) in [5.74, 6) is -1.84. The summed E-state index contributed by atoms with van der Waals surface area (Å²) in [7, 11) is 1.48. The van der Waals surface area contributed by atoms with Crippen molar-refractivity contribution >= 4 is 23.1 Å². The molecule has 5 N–H and O–H groups in total. The number of esters is 1. The van der Waals surface area contributed by atoms with E-state index in [-0.39, 0.29) is 24.5 Å². The second-order valence-electron chi connectivity index (χ2n) is 5.24. The zero-order valence-electron chi connectivity index (χ0n) is 14.5. The van der Waals surface area contributed by atoms with Crippen LogP contribution in [0.25, 0.3) is 0 Å². The summed E-state index contributed by atoms with van der Waals surface area (Å²) in [6, 6.07) is 6.84. The van der Waals surface area contributed by atoms with Gasteiger partial charge >= 0.3 is 11.7 Å². The van der Waals surface area contributed by atoms with E-state index in [2.05, 4.69) is 0 Å². The molecule has 0 spiro atoms. The van der Waals surface area contributed by atoms with E-state index in [0.29, 0.717) is 11.4 Å². The van der Waals surface area contributed by atoms with E-state index in [1.54, 1.807) is 31.2 Å². The molecular weight excluding hydrogens is 344 g/mol. The van der Waals surface area contributed by atoms with Crippen LogP contribution in [0.4, 0.5) is 11.4 Å². The molecular formula is C17H22N2O7+2. The normalized spacial score (nSPS) is 16.2. The van der Waals surface area contributed by atoms with Crippen LogP contribution in [-0.4, -0.2) is 52.2 Å². The van der Waals surface area contributed by atoms with Crippen molar-refractivity contribution in [2.75, 3.05) is 20.3 Å². The predicted molar refractivity (Wildman–Crippen MR) is 89.3 cm³/mol. The molecule has 1 aromatic rings. The molecule has 0 saturated heterocycles. The van der Waals surface area contributed by atoms with Crippen LogP contribution in [0.15, 0.2) is 47.6 Å². The molecule has 0 unspecified atom stereocenters. The number of carbonyl (C=O) groups excluding carboxylic acids is 1. The number of hydrogen-bond acceptors (Lipinski definition) is 7. The van der Waals surface area contributed by atoms with Gasteiger partial charge in [0, 0.05) is 16.9 Å². The van der Waals surface area contributed by atoms with Crippen molar-refractivity contribution in [3.05, 3.63) is 47.6 Å². The molecule has 0 fully saturated rings. The Bertz CT molecular complexity index is 768. The van der Waals surface area contributed by atoms with Gasteiger partial charge in [-0.2, -0.15) is 5.48 Å². The third-order valence-corrected chi connectivity index (χ3v) is 3.51. The minimum absolute atomic E-state index is 0.0614. The van der Waals surface area contributed by atoms with Crippen LogP contribution < -0.4 is 5.48 Å². The van der Waals surface area contributed by atoms with Crippen molar-refractivity contribution in [2.45, 2.75) is 13.3 Å². The van der Waals surface area contributed by atoms with E-state index in [1.165, 1.54) is 18.7 Å². The Hall–Kier alpha value is -3.04. The fraction of sp³-hybridized carbons (Fsp3) is 0.294. The summed E-state index contributed by atoms with van der Waals surface area (Å²) >= 11 is 0. The summed E-state index contributed by atoms with van der Waals surface area (Å²) < 4.78 is 10.9. The van der Waals surface area contributed by atoms with Crippen LogP contribution in [0.2, 0.25) is 0 Å². The van der Waals surface area contributed by atoms with Crippen molar-refractivity contribution in [3.8, 4) is 0 Å². The second-order valence-corrected chi connectivity index (χ2v) is 5.24. The fourth-order valence-electron chi connectivity index (χ4n) is 2.36. The van der Waals surface area contributed by atoms with Gasteiger partial charge in [-0.3, -0.25) is 5.21 Å². The van der Waals surface area contributed by atoms with Crippen LogP contribution in [0.5, 0.6) is 0 Å². The first kappa shape index (κ1) is 19.3. The summed E-state index contributed by atoms with van der Waals surface area (Å²) in [5, 5.41) is 30.5. The molecule has 0 saturated carbocycles. The standard InChI is InChI=1S/C17H20N2O7/c1-3-25-15(21)10-26-17-13(8-9-14(20)16(17)22)19(23)12-7-5-4-6-11(12)18-24-2/h4-7,9,18,20,23H,3,8,10H2,1-2H3/p+2. The van der Waals surface area contributed by atoms with Gasteiger partial charge in [0.25, 0.3) is 5.71 Å². The number of quaternary nitrogens is 1. The Morgan fingerprint density at radius 2 is 2.04 bits per heavy atom. The third-order valence-electron chi connectivity index (χ3n) is 3.51. The zero-order chi connectivity index (χ0) is 19.1. The lowest BCUT2D eigenvalue weighted by molar-refractivity contribution is -0.834. The number of para-hydroxylation sites is 1. The molecule has 140 valence electrons. The summed E-state index contributed by atoms with van der Waals surface area (Å²) in [4.78, 5) is 16.5. The van der Waals surface area contributed by atoms with E-state index in [1.807, 2.05) is 0 Å². The summed E-state index contributed by atoms with van der Waals surface area (Å²) in [5.41, 5.74) is 2.52. The van der Waals surface area contributed by atoms with Crippen molar-refractivity contribution in [1.29, 1.82) is 0 Å². The van der Waals surface area contributed by atoms with E-state index in [0.717, 1.165) is 4.74 Å². The van der Waals surface area contributed by atoms with Gasteiger partial charge in [0.05, 0.1) is 20.1 Å². The van der Waals surface area contributed by atoms with Crippen LogP contribution in [0, 0.1) is 0 Å².